The SMILES string of the molecule is CC1CC(C)CC(NC(=O)C(CCC(=O)O)NC(=O)OCC2c3ccccc3-c3ccccc32)C1. The van der Waals surface area contributed by atoms with Crippen molar-refractivity contribution in [2.75, 3.05) is 6.61 Å². The largest absolute Gasteiger partial charge is 0.481 e. The van der Waals surface area contributed by atoms with Crippen LogP contribution < -0.4 is 10.6 Å². The number of aliphatic carboxylic acids is 1. The highest BCUT2D eigenvalue weighted by Gasteiger charge is 2.31. The summed E-state index contributed by atoms with van der Waals surface area (Å²) in [5.41, 5.74) is 4.46. The highest BCUT2D eigenvalue weighted by atomic mass is 16.5. The second-order valence-corrected chi connectivity index (χ2v) is 10.1. The lowest BCUT2D eigenvalue weighted by Crippen LogP contribution is -2.51. The lowest BCUT2D eigenvalue weighted by atomic mass is 9.80. The van der Waals surface area contributed by atoms with Crippen molar-refractivity contribution in [3.63, 3.8) is 0 Å². The fourth-order valence-electron chi connectivity index (χ4n) is 5.69. The van der Waals surface area contributed by atoms with Gasteiger partial charge in [-0.3, -0.25) is 9.59 Å². The predicted molar refractivity (Wildman–Crippen MR) is 133 cm³/mol. The molecule has 2 amide bonds. The predicted octanol–water partition coefficient (Wildman–Crippen LogP) is 4.70. The maximum absolute atomic E-state index is 13.0. The molecule has 2 aromatic carbocycles. The number of amides is 2. The highest BCUT2D eigenvalue weighted by Crippen LogP contribution is 2.44. The van der Waals surface area contributed by atoms with Crippen LogP contribution in [0.2, 0.25) is 0 Å². The Kier molecular flexibility index (Phi) is 7.73. The lowest BCUT2D eigenvalue weighted by molar-refractivity contribution is -0.137. The van der Waals surface area contributed by atoms with Gasteiger partial charge in [-0.15, -0.1) is 0 Å². The number of carbonyl (C=O) groups is 3. The molecule has 0 bridgehead atoms. The monoisotopic (exact) mass is 478 g/mol. The molecule has 3 N–H and O–H groups in total. The van der Waals surface area contributed by atoms with Gasteiger partial charge < -0.3 is 20.5 Å². The standard InChI is InChI=1S/C28H34N2O5/c1-17-13-18(2)15-19(14-17)29-27(33)25(11-12-26(31)32)30-28(34)35-16-24-22-9-5-3-7-20(22)21-8-4-6-10-23(21)24/h3-10,17-19,24-25H,11-16H2,1-2H3,(H,29,33)(H,30,34)(H,31,32). The van der Waals surface area contributed by atoms with Crippen LogP contribution >= 0.6 is 0 Å². The minimum Gasteiger partial charge on any atom is -0.481 e. The average Bonchev–Trinajstić information content (AvgIpc) is 3.13. The minimum atomic E-state index is -1.02. The van der Waals surface area contributed by atoms with Crippen LogP contribution in [-0.2, 0) is 14.3 Å². The Labute approximate surface area is 206 Å². The van der Waals surface area contributed by atoms with Gasteiger partial charge in [0.15, 0.2) is 0 Å². The first-order valence-electron chi connectivity index (χ1n) is 12.5. The second-order valence-electron chi connectivity index (χ2n) is 10.1. The molecule has 0 radical (unpaired) electrons. The fourth-order valence-corrected chi connectivity index (χ4v) is 5.69. The van der Waals surface area contributed by atoms with E-state index in [4.69, 9.17) is 9.84 Å². The van der Waals surface area contributed by atoms with Gasteiger partial charge in [0.2, 0.25) is 5.91 Å². The van der Waals surface area contributed by atoms with E-state index in [9.17, 15) is 14.4 Å². The number of ether oxygens (including phenoxy) is 1. The van der Waals surface area contributed by atoms with E-state index < -0.39 is 18.1 Å². The van der Waals surface area contributed by atoms with Crippen LogP contribution in [0.15, 0.2) is 48.5 Å². The Balaban J connectivity index is 1.39. The Morgan fingerprint density at radius 3 is 2.09 bits per heavy atom. The molecule has 2 aliphatic carbocycles. The summed E-state index contributed by atoms with van der Waals surface area (Å²) in [6.45, 7) is 4.47. The number of benzene rings is 2. The van der Waals surface area contributed by atoms with Crippen molar-refractivity contribution >= 4 is 18.0 Å². The number of hydrogen-bond acceptors (Lipinski definition) is 4. The third-order valence-corrected chi connectivity index (χ3v) is 7.12. The summed E-state index contributed by atoms with van der Waals surface area (Å²) >= 11 is 0. The molecule has 2 aromatic rings. The molecule has 4 rings (SSSR count). The van der Waals surface area contributed by atoms with E-state index in [-0.39, 0.29) is 37.3 Å². The lowest BCUT2D eigenvalue weighted by Gasteiger charge is -2.33. The third kappa shape index (κ3) is 6.02. The number of carboxylic acid groups (broad SMARTS) is 1. The Morgan fingerprint density at radius 2 is 1.51 bits per heavy atom. The van der Waals surface area contributed by atoms with Gasteiger partial charge in [-0.2, -0.15) is 0 Å². The van der Waals surface area contributed by atoms with Crippen LogP contribution in [-0.4, -0.2) is 41.8 Å². The highest BCUT2D eigenvalue weighted by molar-refractivity contribution is 5.86. The van der Waals surface area contributed by atoms with Gasteiger partial charge in [0, 0.05) is 18.4 Å². The first kappa shape index (κ1) is 24.8. The summed E-state index contributed by atoms with van der Waals surface area (Å²) in [5, 5.41) is 14.8. The van der Waals surface area contributed by atoms with Crippen molar-refractivity contribution < 1.29 is 24.2 Å². The van der Waals surface area contributed by atoms with Gasteiger partial charge >= 0.3 is 12.1 Å². The first-order valence-corrected chi connectivity index (χ1v) is 12.5. The summed E-state index contributed by atoms with van der Waals surface area (Å²) in [5.74, 6) is -0.444. The van der Waals surface area contributed by atoms with E-state index in [1.165, 1.54) is 0 Å². The number of carboxylic acids is 1. The maximum Gasteiger partial charge on any atom is 0.407 e. The fraction of sp³-hybridized carbons (Fsp3) is 0.464. The number of hydrogen-bond donors (Lipinski definition) is 3. The summed E-state index contributed by atoms with van der Waals surface area (Å²) in [7, 11) is 0. The Hall–Kier alpha value is -3.35. The first-order chi connectivity index (χ1) is 16.8. The van der Waals surface area contributed by atoms with E-state index >= 15 is 0 Å². The van der Waals surface area contributed by atoms with E-state index in [1.54, 1.807) is 0 Å². The van der Waals surface area contributed by atoms with E-state index in [1.807, 2.05) is 36.4 Å². The number of rotatable bonds is 8. The molecule has 7 heteroatoms. The summed E-state index contributed by atoms with van der Waals surface area (Å²) < 4.78 is 5.57. The molecule has 3 atom stereocenters. The van der Waals surface area contributed by atoms with Crippen LogP contribution in [0, 0.1) is 11.8 Å². The maximum atomic E-state index is 13.0. The number of fused-ring (bicyclic) bond motifs is 3. The van der Waals surface area contributed by atoms with Crippen molar-refractivity contribution in [1.29, 1.82) is 0 Å². The van der Waals surface area contributed by atoms with E-state index in [0.717, 1.165) is 41.5 Å². The van der Waals surface area contributed by atoms with E-state index in [0.29, 0.717) is 11.8 Å². The summed E-state index contributed by atoms with van der Waals surface area (Å²) in [6, 6.07) is 15.2. The molecule has 0 heterocycles. The topological polar surface area (TPSA) is 105 Å². The third-order valence-electron chi connectivity index (χ3n) is 7.12. The van der Waals surface area contributed by atoms with Gasteiger partial charge in [0.1, 0.15) is 12.6 Å². The second kappa shape index (κ2) is 10.9. The molecule has 1 saturated carbocycles. The quantitative estimate of drug-likeness (QED) is 0.510. The summed E-state index contributed by atoms with van der Waals surface area (Å²) in [6.07, 6.45) is 1.96. The van der Waals surface area contributed by atoms with Gasteiger partial charge in [0.25, 0.3) is 0 Å². The molecule has 0 spiro atoms. The molecular formula is C28H34N2O5. The molecule has 7 nitrogen and oxygen atoms in total. The molecule has 0 aromatic heterocycles. The van der Waals surface area contributed by atoms with Crippen LogP contribution in [0.4, 0.5) is 4.79 Å². The Morgan fingerprint density at radius 1 is 0.943 bits per heavy atom. The van der Waals surface area contributed by atoms with Gasteiger partial charge in [0.05, 0.1) is 0 Å². The van der Waals surface area contributed by atoms with Crippen LogP contribution in [0.5, 0.6) is 0 Å². The van der Waals surface area contributed by atoms with Crippen molar-refractivity contribution in [3.05, 3.63) is 59.7 Å². The molecule has 35 heavy (non-hydrogen) atoms. The van der Waals surface area contributed by atoms with Gasteiger partial charge in [-0.1, -0.05) is 62.4 Å². The minimum absolute atomic E-state index is 0.00316. The van der Waals surface area contributed by atoms with Crippen LogP contribution in [0.25, 0.3) is 11.1 Å². The molecule has 0 aliphatic heterocycles. The zero-order chi connectivity index (χ0) is 24.9. The molecule has 2 aliphatic rings. The summed E-state index contributed by atoms with van der Waals surface area (Å²) in [4.78, 5) is 36.9. The van der Waals surface area contributed by atoms with Crippen LogP contribution in [0.3, 0.4) is 0 Å². The Bertz CT molecular complexity index is 1030. The van der Waals surface area contributed by atoms with Gasteiger partial charge in [-0.05, 0) is 59.8 Å². The van der Waals surface area contributed by atoms with E-state index in [2.05, 4.69) is 36.6 Å². The molecule has 0 saturated heterocycles. The molecular weight excluding hydrogens is 444 g/mol. The zero-order valence-corrected chi connectivity index (χ0v) is 20.3. The van der Waals surface area contributed by atoms with Crippen molar-refractivity contribution in [2.24, 2.45) is 11.8 Å². The molecule has 1 fully saturated rings. The normalized spacial score (nSPS) is 21.9. The number of carbonyl (C=O) groups excluding carboxylic acids is 2. The number of nitrogens with one attached hydrogen (secondary N) is 2. The van der Waals surface area contributed by atoms with Crippen molar-refractivity contribution in [2.45, 2.75) is 64.0 Å². The molecule has 3 unspecified atom stereocenters. The van der Waals surface area contributed by atoms with Crippen molar-refractivity contribution in [3.8, 4) is 11.1 Å². The molecule has 186 valence electrons. The number of alkyl carbamates (subject to hydrolysis) is 1. The van der Waals surface area contributed by atoms with Crippen molar-refractivity contribution in [1.82, 2.24) is 10.6 Å². The van der Waals surface area contributed by atoms with Crippen LogP contribution in [0.1, 0.15) is 63.0 Å². The van der Waals surface area contributed by atoms with Gasteiger partial charge in [-0.25, -0.2) is 4.79 Å². The smallest absolute Gasteiger partial charge is 0.407 e. The average molecular weight is 479 g/mol. The zero-order valence-electron chi connectivity index (χ0n) is 20.3.